The summed E-state index contributed by atoms with van der Waals surface area (Å²) in [6.45, 7) is 5.90. The number of ether oxygens (including phenoxy) is 2. The highest BCUT2D eigenvalue weighted by molar-refractivity contribution is 6.16. The molecule has 160 valence electrons. The SMILES string of the molecule is CCC(C)(C)C=O.COCC(O)COC(=O)c1c2ccccc2cc2ccccc12. The Morgan fingerprint density at radius 2 is 1.57 bits per heavy atom. The molecule has 0 radical (unpaired) electrons. The Morgan fingerprint density at radius 1 is 1.03 bits per heavy atom. The minimum Gasteiger partial charge on any atom is -0.459 e. The summed E-state index contributed by atoms with van der Waals surface area (Å²) < 4.78 is 10.1. The number of hydrogen-bond acceptors (Lipinski definition) is 5. The number of aldehydes is 1. The van der Waals surface area contributed by atoms with Gasteiger partial charge < -0.3 is 19.4 Å². The van der Waals surface area contributed by atoms with Gasteiger partial charge in [0.25, 0.3) is 0 Å². The van der Waals surface area contributed by atoms with E-state index in [4.69, 9.17) is 9.47 Å². The van der Waals surface area contributed by atoms with Gasteiger partial charge in [-0.1, -0.05) is 69.3 Å². The van der Waals surface area contributed by atoms with Crippen LogP contribution in [0.1, 0.15) is 37.6 Å². The fraction of sp³-hybridized carbons (Fsp3) is 0.360. The molecule has 0 aliphatic carbocycles. The van der Waals surface area contributed by atoms with Crippen LogP contribution in [-0.2, 0) is 14.3 Å². The summed E-state index contributed by atoms with van der Waals surface area (Å²) in [5, 5.41) is 13.3. The van der Waals surface area contributed by atoms with Crippen molar-refractivity contribution in [3.05, 3.63) is 60.2 Å². The molecular weight excluding hydrogens is 380 g/mol. The van der Waals surface area contributed by atoms with Crippen molar-refractivity contribution < 1.29 is 24.2 Å². The summed E-state index contributed by atoms with van der Waals surface area (Å²) in [4.78, 5) is 22.7. The zero-order valence-corrected chi connectivity index (χ0v) is 18.1. The molecule has 0 fully saturated rings. The Labute approximate surface area is 177 Å². The number of aliphatic hydroxyl groups excluding tert-OH is 1. The Morgan fingerprint density at radius 3 is 2.00 bits per heavy atom. The van der Waals surface area contributed by atoms with Crippen LogP contribution >= 0.6 is 0 Å². The third-order valence-electron chi connectivity index (χ3n) is 4.97. The average molecular weight is 411 g/mol. The molecule has 3 aromatic rings. The van der Waals surface area contributed by atoms with E-state index in [2.05, 4.69) is 6.07 Å². The Hall–Kier alpha value is -2.76. The molecule has 0 aliphatic rings. The lowest BCUT2D eigenvalue weighted by atomic mass is 9.93. The Balaban J connectivity index is 0.000000396. The van der Waals surface area contributed by atoms with Crippen molar-refractivity contribution >= 4 is 33.8 Å². The molecule has 30 heavy (non-hydrogen) atoms. The van der Waals surface area contributed by atoms with E-state index in [1.807, 2.05) is 69.3 Å². The van der Waals surface area contributed by atoms with Crippen LogP contribution in [0.3, 0.4) is 0 Å². The smallest absolute Gasteiger partial charge is 0.339 e. The van der Waals surface area contributed by atoms with E-state index < -0.39 is 12.1 Å². The second kappa shape index (κ2) is 10.9. The second-order valence-electron chi connectivity index (χ2n) is 7.86. The first-order chi connectivity index (χ1) is 14.3. The fourth-order valence-electron chi connectivity index (χ4n) is 2.80. The zero-order chi connectivity index (χ0) is 22.1. The summed E-state index contributed by atoms with van der Waals surface area (Å²) >= 11 is 0. The molecule has 0 saturated carbocycles. The minimum absolute atomic E-state index is 0.0930. The number of esters is 1. The first-order valence-corrected chi connectivity index (χ1v) is 10.0. The first kappa shape index (κ1) is 23.5. The number of carbonyl (C=O) groups excluding carboxylic acids is 2. The van der Waals surface area contributed by atoms with Gasteiger partial charge in [-0.05, 0) is 34.0 Å². The second-order valence-corrected chi connectivity index (χ2v) is 7.86. The number of carbonyl (C=O) groups is 2. The van der Waals surface area contributed by atoms with Gasteiger partial charge in [0.1, 0.15) is 19.0 Å². The topological polar surface area (TPSA) is 72.8 Å². The van der Waals surface area contributed by atoms with Gasteiger partial charge in [-0.2, -0.15) is 0 Å². The predicted molar refractivity (Wildman–Crippen MR) is 120 cm³/mol. The summed E-state index contributed by atoms with van der Waals surface area (Å²) in [5.74, 6) is -0.437. The van der Waals surface area contributed by atoms with E-state index in [0.717, 1.165) is 34.3 Å². The standard InChI is InChI=1S/C19H18O4.C6H12O/c1-22-11-15(20)12-23-19(21)18-16-8-4-2-6-13(16)10-14-7-3-5-9-17(14)18;1-4-6(2,3)5-7/h2-10,15,20H,11-12H2,1H3;5H,4H2,1-3H3. The number of fused-ring (bicyclic) bond motifs is 2. The Bertz CT molecular complexity index is 939. The highest BCUT2D eigenvalue weighted by Gasteiger charge is 2.17. The van der Waals surface area contributed by atoms with Crippen molar-refractivity contribution in [3.63, 3.8) is 0 Å². The number of hydrogen-bond donors (Lipinski definition) is 1. The van der Waals surface area contributed by atoms with Crippen LogP contribution in [0.5, 0.6) is 0 Å². The van der Waals surface area contributed by atoms with E-state index in [1.165, 1.54) is 7.11 Å². The van der Waals surface area contributed by atoms with Gasteiger partial charge in [0.2, 0.25) is 0 Å². The van der Waals surface area contributed by atoms with E-state index in [9.17, 15) is 14.7 Å². The van der Waals surface area contributed by atoms with Crippen LogP contribution in [0.2, 0.25) is 0 Å². The summed E-state index contributed by atoms with van der Waals surface area (Å²) in [5.41, 5.74) is 0.434. The first-order valence-electron chi connectivity index (χ1n) is 10.0. The molecule has 3 aromatic carbocycles. The van der Waals surface area contributed by atoms with Crippen LogP contribution in [0.25, 0.3) is 21.5 Å². The van der Waals surface area contributed by atoms with E-state index in [-0.39, 0.29) is 18.6 Å². The quantitative estimate of drug-likeness (QED) is 0.345. The van der Waals surface area contributed by atoms with Crippen LogP contribution in [0.15, 0.2) is 54.6 Å². The van der Waals surface area contributed by atoms with E-state index >= 15 is 0 Å². The van der Waals surface area contributed by atoms with E-state index in [0.29, 0.717) is 5.56 Å². The molecule has 0 aliphatic heterocycles. The maximum Gasteiger partial charge on any atom is 0.339 e. The predicted octanol–water partition coefficient (Wildman–Crippen LogP) is 4.78. The molecule has 0 saturated heterocycles. The number of methoxy groups -OCH3 is 1. The van der Waals surface area contributed by atoms with Crippen LogP contribution in [-0.4, -0.2) is 43.8 Å². The largest absolute Gasteiger partial charge is 0.459 e. The molecule has 1 atom stereocenters. The van der Waals surface area contributed by atoms with Crippen LogP contribution < -0.4 is 0 Å². The van der Waals surface area contributed by atoms with Crippen molar-refractivity contribution in [1.29, 1.82) is 0 Å². The molecule has 0 heterocycles. The summed E-state index contributed by atoms with van der Waals surface area (Å²) in [7, 11) is 1.49. The van der Waals surface area contributed by atoms with Crippen LogP contribution in [0, 0.1) is 5.41 Å². The molecular formula is C25H30O5. The number of rotatable bonds is 7. The maximum absolute atomic E-state index is 12.6. The molecule has 5 nitrogen and oxygen atoms in total. The molecule has 0 bridgehead atoms. The van der Waals surface area contributed by atoms with Crippen molar-refractivity contribution in [2.45, 2.75) is 33.3 Å². The molecule has 1 N–H and O–H groups in total. The lowest BCUT2D eigenvalue weighted by molar-refractivity contribution is -0.114. The third-order valence-corrected chi connectivity index (χ3v) is 4.97. The Kier molecular flexibility index (Phi) is 8.51. The van der Waals surface area contributed by atoms with Gasteiger partial charge >= 0.3 is 5.97 Å². The van der Waals surface area contributed by atoms with Gasteiger partial charge in [-0.25, -0.2) is 4.79 Å². The van der Waals surface area contributed by atoms with Gasteiger partial charge in [0, 0.05) is 12.5 Å². The van der Waals surface area contributed by atoms with Gasteiger partial charge in [-0.15, -0.1) is 0 Å². The highest BCUT2D eigenvalue weighted by atomic mass is 16.5. The monoisotopic (exact) mass is 410 g/mol. The zero-order valence-electron chi connectivity index (χ0n) is 18.1. The molecule has 5 heteroatoms. The van der Waals surface area contributed by atoms with E-state index in [1.54, 1.807) is 0 Å². The van der Waals surface area contributed by atoms with Gasteiger partial charge in [0.15, 0.2) is 0 Å². The molecule has 3 rings (SSSR count). The lowest BCUT2D eigenvalue weighted by Gasteiger charge is -2.13. The van der Waals surface area contributed by atoms with Crippen molar-refractivity contribution in [2.24, 2.45) is 5.41 Å². The van der Waals surface area contributed by atoms with Crippen LogP contribution in [0.4, 0.5) is 0 Å². The average Bonchev–Trinajstić information content (AvgIpc) is 2.76. The van der Waals surface area contributed by atoms with Gasteiger partial charge in [0.05, 0.1) is 12.2 Å². The highest BCUT2D eigenvalue weighted by Crippen LogP contribution is 2.29. The molecule has 1 unspecified atom stereocenters. The fourth-order valence-corrected chi connectivity index (χ4v) is 2.80. The number of aliphatic hydroxyl groups is 1. The molecule has 0 aromatic heterocycles. The van der Waals surface area contributed by atoms with Crippen molar-refractivity contribution in [3.8, 4) is 0 Å². The van der Waals surface area contributed by atoms with Crippen molar-refractivity contribution in [2.75, 3.05) is 20.3 Å². The maximum atomic E-state index is 12.6. The lowest BCUT2D eigenvalue weighted by Crippen LogP contribution is -2.23. The normalized spacial score (nSPS) is 12.2. The minimum atomic E-state index is -0.829. The van der Waals surface area contributed by atoms with Gasteiger partial charge in [-0.3, -0.25) is 0 Å². The number of benzene rings is 3. The van der Waals surface area contributed by atoms with Crippen molar-refractivity contribution in [1.82, 2.24) is 0 Å². The summed E-state index contributed by atoms with van der Waals surface area (Å²) in [6.07, 6.45) is 1.09. The summed E-state index contributed by atoms with van der Waals surface area (Å²) in [6, 6.07) is 17.5. The molecule has 0 spiro atoms. The molecule has 0 amide bonds. The third kappa shape index (κ3) is 6.12.